The van der Waals surface area contributed by atoms with E-state index in [1.54, 1.807) is 0 Å². The molecule has 0 fully saturated rings. The summed E-state index contributed by atoms with van der Waals surface area (Å²) in [6.45, 7) is 2.76. The Bertz CT molecular complexity index is 277. The molecule has 16 heavy (non-hydrogen) atoms. The molecule has 0 heterocycles. The molecule has 0 spiro atoms. The number of nitrogens with two attached hydrogens (primary N) is 1. The lowest BCUT2D eigenvalue weighted by Crippen LogP contribution is -2.27. The molecule has 0 aromatic heterocycles. The van der Waals surface area contributed by atoms with E-state index in [1.807, 2.05) is 25.1 Å². The van der Waals surface area contributed by atoms with Gasteiger partial charge in [-0.1, -0.05) is 46.3 Å². The normalized spacial score (nSPS) is 14.7. The summed E-state index contributed by atoms with van der Waals surface area (Å²) in [5.74, 6) is 0. The Morgan fingerprint density at radius 3 is 2.50 bits per heavy atom. The van der Waals surface area contributed by atoms with E-state index in [2.05, 4.69) is 28.1 Å². The molecule has 0 radical (unpaired) electrons. The molecule has 0 aliphatic carbocycles. The minimum atomic E-state index is 0.0107. The minimum absolute atomic E-state index is 0.0107. The standard InChI is InChI=1S/C13H20BrNO/c1-11(15)13(16-10-6-5-9-14)12-7-3-2-4-8-12/h2-4,7-8,11,13H,5-6,9-10,15H2,1H3. The van der Waals surface area contributed by atoms with Gasteiger partial charge in [-0.05, 0) is 25.3 Å². The number of hydrogen-bond acceptors (Lipinski definition) is 2. The number of benzene rings is 1. The number of ether oxygens (including phenoxy) is 1. The van der Waals surface area contributed by atoms with Crippen molar-refractivity contribution in [3.63, 3.8) is 0 Å². The molecule has 0 saturated carbocycles. The third-order valence-corrected chi connectivity index (χ3v) is 2.99. The van der Waals surface area contributed by atoms with Gasteiger partial charge in [0.05, 0.1) is 6.10 Å². The highest BCUT2D eigenvalue weighted by Crippen LogP contribution is 2.20. The minimum Gasteiger partial charge on any atom is -0.372 e. The van der Waals surface area contributed by atoms with E-state index in [0.717, 1.165) is 30.3 Å². The fraction of sp³-hybridized carbons (Fsp3) is 0.538. The molecule has 90 valence electrons. The van der Waals surface area contributed by atoms with Crippen LogP contribution in [0.5, 0.6) is 0 Å². The average Bonchev–Trinajstić information content (AvgIpc) is 2.30. The Kier molecular flexibility index (Phi) is 6.69. The van der Waals surface area contributed by atoms with Gasteiger partial charge < -0.3 is 10.5 Å². The van der Waals surface area contributed by atoms with Crippen molar-refractivity contribution in [3.05, 3.63) is 35.9 Å². The van der Waals surface area contributed by atoms with Gasteiger partial charge in [0.25, 0.3) is 0 Å². The number of alkyl halides is 1. The summed E-state index contributed by atoms with van der Waals surface area (Å²) in [5, 5.41) is 1.03. The number of hydrogen-bond donors (Lipinski definition) is 1. The van der Waals surface area contributed by atoms with Crippen molar-refractivity contribution in [2.75, 3.05) is 11.9 Å². The summed E-state index contributed by atoms with van der Waals surface area (Å²) < 4.78 is 5.85. The first kappa shape index (κ1) is 13.7. The summed E-state index contributed by atoms with van der Waals surface area (Å²) in [4.78, 5) is 0. The molecule has 1 aromatic rings. The van der Waals surface area contributed by atoms with Crippen LogP contribution in [0.1, 0.15) is 31.4 Å². The highest BCUT2D eigenvalue weighted by molar-refractivity contribution is 9.09. The van der Waals surface area contributed by atoms with Crippen LogP contribution in [0.4, 0.5) is 0 Å². The van der Waals surface area contributed by atoms with Crippen LogP contribution in [0.3, 0.4) is 0 Å². The summed E-state index contributed by atoms with van der Waals surface area (Å²) >= 11 is 3.41. The van der Waals surface area contributed by atoms with Gasteiger partial charge in [0.15, 0.2) is 0 Å². The zero-order valence-corrected chi connectivity index (χ0v) is 11.3. The molecule has 0 bridgehead atoms. The fourth-order valence-electron chi connectivity index (χ4n) is 1.60. The largest absolute Gasteiger partial charge is 0.372 e. The lowest BCUT2D eigenvalue weighted by molar-refractivity contribution is 0.0367. The third-order valence-electron chi connectivity index (χ3n) is 2.43. The van der Waals surface area contributed by atoms with Crippen molar-refractivity contribution < 1.29 is 4.74 Å². The van der Waals surface area contributed by atoms with Gasteiger partial charge in [0.1, 0.15) is 0 Å². The van der Waals surface area contributed by atoms with E-state index in [4.69, 9.17) is 10.5 Å². The van der Waals surface area contributed by atoms with E-state index in [1.165, 1.54) is 0 Å². The second-order valence-electron chi connectivity index (χ2n) is 3.96. The Balaban J connectivity index is 2.49. The van der Waals surface area contributed by atoms with Crippen LogP contribution in [-0.4, -0.2) is 18.0 Å². The van der Waals surface area contributed by atoms with Crippen molar-refractivity contribution >= 4 is 15.9 Å². The Hall–Kier alpha value is -0.380. The molecule has 0 aliphatic rings. The van der Waals surface area contributed by atoms with Gasteiger partial charge in [0, 0.05) is 18.0 Å². The lowest BCUT2D eigenvalue weighted by atomic mass is 10.0. The van der Waals surface area contributed by atoms with Gasteiger partial charge in [-0.15, -0.1) is 0 Å². The van der Waals surface area contributed by atoms with Gasteiger partial charge in [-0.25, -0.2) is 0 Å². The van der Waals surface area contributed by atoms with E-state index < -0.39 is 0 Å². The fourth-order valence-corrected chi connectivity index (χ4v) is 2.00. The number of rotatable bonds is 7. The van der Waals surface area contributed by atoms with Crippen LogP contribution < -0.4 is 5.73 Å². The zero-order chi connectivity index (χ0) is 11.8. The molecule has 2 N–H and O–H groups in total. The smallest absolute Gasteiger partial charge is 0.0972 e. The van der Waals surface area contributed by atoms with Gasteiger partial charge in [0.2, 0.25) is 0 Å². The summed E-state index contributed by atoms with van der Waals surface area (Å²) in [7, 11) is 0. The molecule has 0 amide bonds. The molecule has 2 atom stereocenters. The van der Waals surface area contributed by atoms with Crippen LogP contribution in [-0.2, 0) is 4.74 Å². The van der Waals surface area contributed by atoms with Crippen LogP contribution in [0.25, 0.3) is 0 Å². The van der Waals surface area contributed by atoms with Gasteiger partial charge >= 0.3 is 0 Å². The Morgan fingerprint density at radius 1 is 1.25 bits per heavy atom. The highest BCUT2D eigenvalue weighted by Gasteiger charge is 2.15. The quantitative estimate of drug-likeness (QED) is 0.617. The summed E-state index contributed by atoms with van der Waals surface area (Å²) in [6, 6.07) is 10.2. The molecule has 0 aliphatic heterocycles. The Labute approximate surface area is 106 Å². The molecule has 3 heteroatoms. The highest BCUT2D eigenvalue weighted by atomic mass is 79.9. The van der Waals surface area contributed by atoms with Crippen molar-refractivity contribution in [2.45, 2.75) is 31.9 Å². The number of unbranched alkanes of at least 4 members (excludes halogenated alkanes) is 1. The van der Waals surface area contributed by atoms with Crippen molar-refractivity contribution in [3.8, 4) is 0 Å². The lowest BCUT2D eigenvalue weighted by Gasteiger charge is -2.21. The van der Waals surface area contributed by atoms with Crippen LogP contribution >= 0.6 is 15.9 Å². The Morgan fingerprint density at radius 2 is 1.94 bits per heavy atom. The van der Waals surface area contributed by atoms with Gasteiger partial charge in [-0.3, -0.25) is 0 Å². The first-order chi connectivity index (χ1) is 7.75. The second kappa shape index (κ2) is 7.82. The summed E-state index contributed by atoms with van der Waals surface area (Å²) in [5.41, 5.74) is 7.11. The van der Waals surface area contributed by atoms with Gasteiger partial charge in [-0.2, -0.15) is 0 Å². The van der Waals surface area contributed by atoms with Crippen molar-refractivity contribution in [1.82, 2.24) is 0 Å². The number of halogens is 1. The SMILES string of the molecule is CC(N)C(OCCCCBr)c1ccccc1. The van der Waals surface area contributed by atoms with Crippen LogP contribution in [0, 0.1) is 0 Å². The molecular formula is C13H20BrNO. The zero-order valence-electron chi connectivity index (χ0n) is 9.73. The van der Waals surface area contributed by atoms with Crippen molar-refractivity contribution in [2.24, 2.45) is 5.73 Å². The van der Waals surface area contributed by atoms with Crippen LogP contribution in [0.2, 0.25) is 0 Å². The maximum absolute atomic E-state index is 5.95. The van der Waals surface area contributed by atoms with E-state index in [9.17, 15) is 0 Å². The second-order valence-corrected chi connectivity index (χ2v) is 4.75. The predicted molar refractivity (Wildman–Crippen MR) is 71.8 cm³/mol. The first-order valence-corrected chi connectivity index (χ1v) is 6.86. The van der Waals surface area contributed by atoms with E-state index in [-0.39, 0.29) is 12.1 Å². The molecule has 1 aromatic carbocycles. The molecule has 0 saturated heterocycles. The predicted octanol–water partition coefficient (Wildman–Crippen LogP) is 3.27. The molecule has 2 unspecified atom stereocenters. The molecule has 2 nitrogen and oxygen atoms in total. The molecular weight excluding hydrogens is 266 g/mol. The maximum atomic E-state index is 5.95. The molecule has 1 rings (SSSR count). The van der Waals surface area contributed by atoms with Crippen LogP contribution in [0.15, 0.2) is 30.3 Å². The van der Waals surface area contributed by atoms with E-state index in [0.29, 0.717) is 0 Å². The average molecular weight is 286 g/mol. The summed E-state index contributed by atoms with van der Waals surface area (Å²) in [6.07, 6.45) is 2.22. The first-order valence-electron chi connectivity index (χ1n) is 5.74. The third kappa shape index (κ3) is 4.64. The monoisotopic (exact) mass is 285 g/mol. The van der Waals surface area contributed by atoms with Crippen molar-refractivity contribution in [1.29, 1.82) is 0 Å². The topological polar surface area (TPSA) is 35.2 Å². The van der Waals surface area contributed by atoms with E-state index >= 15 is 0 Å². The maximum Gasteiger partial charge on any atom is 0.0972 e.